The van der Waals surface area contributed by atoms with E-state index in [0.29, 0.717) is 50.1 Å². The van der Waals surface area contributed by atoms with Crippen LogP contribution < -0.4 is 4.74 Å². The van der Waals surface area contributed by atoms with Gasteiger partial charge in [0.25, 0.3) is 5.91 Å². The van der Waals surface area contributed by atoms with Crippen molar-refractivity contribution in [2.24, 2.45) is 0 Å². The highest BCUT2D eigenvalue weighted by molar-refractivity contribution is 7.09. The van der Waals surface area contributed by atoms with Crippen molar-refractivity contribution in [2.75, 3.05) is 33.0 Å². The van der Waals surface area contributed by atoms with Gasteiger partial charge in [-0.05, 0) is 32.4 Å². The van der Waals surface area contributed by atoms with Gasteiger partial charge in [-0.1, -0.05) is 18.2 Å². The predicted molar refractivity (Wildman–Crippen MR) is 107 cm³/mol. The van der Waals surface area contributed by atoms with E-state index in [4.69, 9.17) is 14.2 Å². The summed E-state index contributed by atoms with van der Waals surface area (Å²) in [5.74, 6) is 0.0452. The van der Waals surface area contributed by atoms with Gasteiger partial charge in [0.05, 0.1) is 13.2 Å². The molecule has 0 unspecified atom stereocenters. The van der Waals surface area contributed by atoms with Crippen molar-refractivity contribution in [1.82, 2.24) is 9.88 Å². The Labute approximate surface area is 169 Å². The molecule has 0 atom stereocenters. The highest BCUT2D eigenvalue weighted by atomic mass is 32.1. The van der Waals surface area contributed by atoms with Crippen LogP contribution in [0.25, 0.3) is 0 Å². The maximum absolute atomic E-state index is 12.7. The summed E-state index contributed by atoms with van der Waals surface area (Å²) in [6, 6.07) is 9.20. The Hall–Kier alpha value is -2.45. The molecule has 0 bridgehead atoms. The van der Waals surface area contributed by atoms with E-state index in [1.54, 1.807) is 29.3 Å². The third kappa shape index (κ3) is 7.28. The number of benzene rings is 1. The number of ether oxygens (including phenoxy) is 3. The zero-order valence-corrected chi connectivity index (χ0v) is 17.1. The number of esters is 1. The summed E-state index contributed by atoms with van der Waals surface area (Å²) in [6.07, 6.45) is 0.709. The van der Waals surface area contributed by atoms with Gasteiger partial charge in [0, 0.05) is 25.1 Å². The number of amides is 1. The van der Waals surface area contributed by atoms with Crippen LogP contribution in [0.5, 0.6) is 5.75 Å². The maximum Gasteiger partial charge on any atom is 0.357 e. The van der Waals surface area contributed by atoms with Gasteiger partial charge < -0.3 is 19.1 Å². The van der Waals surface area contributed by atoms with Crippen molar-refractivity contribution >= 4 is 23.2 Å². The zero-order valence-electron chi connectivity index (χ0n) is 16.3. The molecule has 0 aliphatic carbocycles. The molecular weight excluding hydrogens is 380 g/mol. The third-order valence-corrected chi connectivity index (χ3v) is 4.58. The molecule has 2 aromatic rings. The van der Waals surface area contributed by atoms with Gasteiger partial charge in [0.2, 0.25) is 0 Å². The normalized spacial score (nSPS) is 10.5. The molecule has 0 fully saturated rings. The Morgan fingerprint density at radius 1 is 1.14 bits per heavy atom. The molecule has 1 aromatic carbocycles. The lowest BCUT2D eigenvalue weighted by molar-refractivity contribution is -0.134. The van der Waals surface area contributed by atoms with Crippen molar-refractivity contribution < 1.29 is 23.8 Å². The SMILES string of the molecule is CCOCCCN(Cc1nc(C(=O)OCC)cs1)C(=O)COc1ccccc1. The second kappa shape index (κ2) is 12.1. The van der Waals surface area contributed by atoms with E-state index in [2.05, 4.69) is 4.98 Å². The topological polar surface area (TPSA) is 78.0 Å². The van der Waals surface area contributed by atoms with Gasteiger partial charge >= 0.3 is 5.97 Å². The molecule has 0 radical (unpaired) electrons. The fourth-order valence-electron chi connectivity index (χ4n) is 2.39. The fourth-order valence-corrected chi connectivity index (χ4v) is 3.17. The van der Waals surface area contributed by atoms with Gasteiger partial charge in [-0.3, -0.25) is 4.79 Å². The highest BCUT2D eigenvalue weighted by Crippen LogP contribution is 2.15. The molecule has 8 heteroatoms. The molecule has 1 aromatic heterocycles. The Morgan fingerprint density at radius 3 is 2.64 bits per heavy atom. The van der Waals surface area contributed by atoms with E-state index in [0.717, 1.165) is 0 Å². The number of carbonyl (C=O) groups is 2. The van der Waals surface area contributed by atoms with Crippen LogP contribution in [-0.4, -0.2) is 54.7 Å². The van der Waals surface area contributed by atoms with Crippen LogP contribution in [0.3, 0.4) is 0 Å². The first-order valence-electron chi connectivity index (χ1n) is 9.28. The summed E-state index contributed by atoms with van der Waals surface area (Å²) in [6.45, 7) is 5.96. The van der Waals surface area contributed by atoms with Crippen molar-refractivity contribution in [3.63, 3.8) is 0 Å². The van der Waals surface area contributed by atoms with Crippen LogP contribution in [-0.2, 0) is 20.8 Å². The molecule has 2 rings (SSSR count). The average Bonchev–Trinajstić information content (AvgIpc) is 3.18. The number of rotatable bonds is 12. The summed E-state index contributed by atoms with van der Waals surface area (Å²) in [7, 11) is 0. The molecule has 1 amide bonds. The second-order valence-corrected chi connectivity index (χ2v) is 6.76. The molecule has 0 aliphatic heterocycles. The predicted octanol–water partition coefficient (Wildman–Crippen LogP) is 3.15. The van der Waals surface area contributed by atoms with Crippen LogP contribution >= 0.6 is 11.3 Å². The summed E-state index contributed by atoms with van der Waals surface area (Å²) >= 11 is 1.33. The lowest BCUT2D eigenvalue weighted by Gasteiger charge is -2.21. The van der Waals surface area contributed by atoms with E-state index < -0.39 is 5.97 Å². The molecule has 7 nitrogen and oxygen atoms in total. The van der Waals surface area contributed by atoms with E-state index in [1.807, 2.05) is 25.1 Å². The van der Waals surface area contributed by atoms with Gasteiger partial charge in [-0.15, -0.1) is 11.3 Å². The second-order valence-electron chi connectivity index (χ2n) is 5.81. The Balaban J connectivity index is 1.97. The van der Waals surface area contributed by atoms with E-state index in [-0.39, 0.29) is 18.2 Å². The van der Waals surface area contributed by atoms with E-state index in [1.165, 1.54) is 11.3 Å². The fraction of sp³-hybridized carbons (Fsp3) is 0.450. The molecular formula is C20H26N2O5S. The zero-order chi connectivity index (χ0) is 20.2. The van der Waals surface area contributed by atoms with Crippen LogP contribution in [0.2, 0.25) is 0 Å². The van der Waals surface area contributed by atoms with Crippen LogP contribution in [0, 0.1) is 0 Å². The lowest BCUT2D eigenvalue weighted by Crippen LogP contribution is -2.35. The minimum atomic E-state index is -0.452. The minimum absolute atomic E-state index is 0.0608. The number of carbonyl (C=O) groups excluding carboxylic acids is 2. The van der Waals surface area contributed by atoms with E-state index >= 15 is 0 Å². The van der Waals surface area contributed by atoms with Gasteiger partial charge in [-0.2, -0.15) is 0 Å². The molecule has 0 saturated carbocycles. The first-order chi connectivity index (χ1) is 13.6. The number of thiazole rings is 1. The summed E-state index contributed by atoms with van der Waals surface area (Å²) in [4.78, 5) is 30.4. The van der Waals surface area contributed by atoms with E-state index in [9.17, 15) is 9.59 Å². The molecule has 28 heavy (non-hydrogen) atoms. The number of nitrogens with zero attached hydrogens (tertiary/aromatic N) is 2. The summed E-state index contributed by atoms with van der Waals surface area (Å²) in [5, 5.41) is 2.32. The third-order valence-electron chi connectivity index (χ3n) is 3.74. The van der Waals surface area contributed by atoms with Crippen molar-refractivity contribution in [3.8, 4) is 5.75 Å². The number of hydrogen-bond donors (Lipinski definition) is 0. The maximum atomic E-state index is 12.7. The molecule has 0 aliphatic rings. The highest BCUT2D eigenvalue weighted by Gasteiger charge is 2.18. The first kappa shape index (κ1) is 21.8. The largest absolute Gasteiger partial charge is 0.484 e. The summed E-state index contributed by atoms with van der Waals surface area (Å²) < 4.78 is 15.9. The number of hydrogen-bond acceptors (Lipinski definition) is 7. The minimum Gasteiger partial charge on any atom is -0.484 e. The standard InChI is InChI=1S/C20H26N2O5S/c1-3-25-12-8-11-22(19(23)14-27-16-9-6-5-7-10-16)13-18-21-17(15-28-18)20(24)26-4-2/h5-7,9-10,15H,3-4,8,11-14H2,1-2H3. The number of para-hydroxylation sites is 1. The molecule has 0 saturated heterocycles. The van der Waals surface area contributed by atoms with Crippen molar-refractivity contribution in [2.45, 2.75) is 26.8 Å². The van der Waals surface area contributed by atoms with Crippen LogP contribution in [0.15, 0.2) is 35.7 Å². The Bertz CT molecular complexity index is 735. The Kier molecular flexibility index (Phi) is 9.44. The van der Waals surface area contributed by atoms with Crippen LogP contribution in [0.4, 0.5) is 0 Å². The Morgan fingerprint density at radius 2 is 1.93 bits per heavy atom. The first-order valence-corrected chi connectivity index (χ1v) is 10.2. The molecule has 0 N–H and O–H groups in total. The molecule has 1 heterocycles. The van der Waals surface area contributed by atoms with Gasteiger partial charge in [-0.25, -0.2) is 9.78 Å². The smallest absolute Gasteiger partial charge is 0.357 e. The van der Waals surface area contributed by atoms with Crippen molar-refractivity contribution in [3.05, 3.63) is 46.4 Å². The van der Waals surface area contributed by atoms with Crippen LogP contribution in [0.1, 0.15) is 35.8 Å². The lowest BCUT2D eigenvalue weighted by atomic mass is 10.3. The quantitative estimate of drug-likeness (QED) is 0.398. The van der Waals surface area contributed by atoms with Crippen molar-refractivity contribution in [1.29, 1.82) is 0 Å². The molecule has 0 spiro atoms. The summed E-state index contributed by atoms with van der Waals surface area (Å²) in [5.41, 5.74) is 0.268. The average molecular weight is 407 g/mol. The monoisotopic (exact) mass is 406 g/mol. The van der Waals surface area contributed by atoms with Gasteiger partial charge in [0.1, 0.15) is 10.8 Å². The molecule has 152 valence electrons. The van der Waals surface area contributed by atoms with Gasteiger partial charge in [0.15, 0.2) is 12.3 Å². The number of aromatic nitrogens is 1.